The maximum atomic E-state index is 11.9. The fraction of sp³-hybridized carbons (Fsp3) is 0.150. The molecular formula is C20H18N2O5. The molecule has 1 aromatic heterocycles. The maximum absolute atomic E-state index is 11.9. The number of aryl methyl sites for hydroxylation is 1. The first-order chi connectivity index (χ1) is 13.0. The fourth-order valence-corrected chi connectivity index (χ4v) is 2.35. The van der Waals surface area contributed by atoms with Gasteiger partial charge in [-0.2, -0.15) is 0 Å². The van der Waals surface area contributed by atoms with Crippen LogP contribution in [0, 0.1) is 6.92 Å². The predicted octanol–water partition coefficient (Wildman–Crippen LogP) is 3.52. The molecule has 0 spiro atoms. The molecule has 3 aromatic rings. The maximum Gasteiger partial charge on any atom is 0.331 e. The first-order valence-corrected chi connectivity index (χ1v) is 8.16. The molecule has 0 amide bonds. The van der Waals surface area contributed by atoms with E-state index in [0.717, 1.165) is 11.1 Å². The molecule has 0 saturated heterocycles. The van der Waals surface area contributed by atoms with Crippen LogP contribution in [-0.4, -0.2) is 28.4 Å². The van der Waals surface area contributed by atoms with Gasteiger partial charge in [0.25, 0.3) is 5.89 Å². The number of hydrogen-bond donors (Lipinski definition) is 1. The Labute approximate surface area is 155 Å². The van der Waals surface area contributed by atoms with Crippen LogP contribution >= 0.6 is 0 Å². The molecule has 7 heteroatoms. The molecule has 0 fully saturated rings. The van der Waals surface area contributed by atoms with Crippen molar-refractivity contribution in [2.24, 2.45) is 0 Å². The van der Waals surface area contributed by atoms with E-state index in [4.69, 9.17) is 13.9 Å². The monoisotopic (exact) mass is 366 g/mol. The molecule has 0 atom stereocenters. The summed E-state index contributed by atoms with van der Waals surface area (Å²) >= 11 is 0. The standard InChI is InChI=1S/C20H18N2O5/c1-13-4-3-5-15(10-13)20-22-21-18(27-20)12-26-19(24)9-7-14-6-8-16(23)17(11-14)25-2/h3-11,23H,12H2,1-2H3/b9-7+. The summed E-state index contributed by atoms with van der Waals surface area (Å²) in [4.78, 5) is 11.9. The number of phenolic OH excluding ortho intramolecular Hbond substituents is 1. The Morgan fingerprint density at radius 1 is 1.22 bits per heavy atom. The zero-order valence-corrected chi connectivity index (χ0v) is 14.9. The number of benzene rings is 2. The number of carbonyl (C=O) groups excluding carboxylic acids is 1. The van der Waals surface area contributed by atoms with Crippen molar-refractivity contribution in [3.05, 3.63) is 65.6 Å². The number of methoxy groups -OCH3 is 1. The van der Waals surface area contributed by atoms with Crippen LogP contribution in [0.4, 0.5) is 0 Å². The molecule has 0 saturated carbocycles. The summed E-state index contributed by atoms with van der Waals surface area (Å²) in [5.74, 6) is 0.367. The molecule has 1 heterocycles. The Morgan fingerprint density at radius 3 is 2.85 bits per heavy atom. The van der Waals surface area contributed by atoms with Crippen LogP contribution in [0.1, 0.15) is 17.0 Å². The van der Waals surface area contributed by atoms with E-state index in [0.29, 0.717) is 17.2 Å². The van der Waals surface area contributed by atoms with Crippen LogP contribution in [0.3, 0.4) is 0 Å². The number of carbonyl (C=O) groups is 1. The largest absolute Gasteiger partial charge is 0.504 e. The number of aromatic hydroxyl groups is 1. The van der Waals surface area contributed by atoms with Crippen molar-refractivity contribution in [2.75, 3.05) is 7.11 Å². The molecule has 7 nitrogen and oxygen atoms in total. The number of hydrogen-bond acceptors (Lipinski definition) is 7. The Balaban J connectivity index is 1.58. The highest BCUT2D eigenvalue weighted by Gasteiger charge is 2.10. The minimum atomic E-state index is -0.558. The van der Waals surface area contributed by atoms with E-state index < -0.39 is 5.97 Å². The van der Waals surface area contributed by atoms with Gasteiger partial charge in [0.1, 0.15) is 0 Å². The van der Waals surface area contributed by atoms with Gasteiger partial charge in [0.2, 0.25) is 5.89 Å². The first-order valence-electron chi connectivity index (χ1n) is 8.16. The van der Waals surface area contributed by atoms with Gasteiger partial charge in [0, 0.05) is 11.6 Å². The molecule has 0 unspecified atom stereocenters. The van der Waals surface area contributed by atoms with Crippen molar-refractivity contribution in [1.82, 2.24) is 10.2 Å². The van der Waals surface area contributed by atoms with Crippen LogP contribution in [0.2, 0.25) is 0 Å². The number of ether oxygens (including phenoxy) is 2. The highest BCUT2D eigenvalue weighted by molar-refractivity contribution is 5.87. The van der Waals surface area contributed by atoms with Gasteiger partial charge in [-0.1, -0.05) is 23.8 Å². The molecule has 2 aromatic carbocycles. The van der Waals surface area contributed by atoms with E-state index in [-0.39, 0.29) is 18.2 Å². The second kappa shape index (κ2) is 8.18. The SMILES string of the molecule is COc1cc(/C=C/C(=O)OCc2nnc(-c3cccc(C)c3)o2)ccc1O. The second-order valence-electron chi connectivity index (χ2n) is 5.74. The van der Waals surface area contributed by atoms with E-state index in [2.05, 4.69) is 10.2 Å². The third-order valence-electron chi connectivity index (χ3n) is 3.69. The van der Waals surface area contributed by atoms with Crippen molar-refractivity contribution < 1.29 is 23.8 Å². The number of phenols is 1. The van der Waals surface area contributed by atoms with Crippen molar-refractivity contribution in [3.8, 4) is 23.0 Å². The summed E-state index contributed by atoms with van der Waals surface area (Å²) < 4.78 is 15.6. The highest BCUT2D eigenvalue weighted by Crippen LogP contribution is 2.26. The zero-order valence-electron chi connectivity index (χ0n) is 14.9. The Kier molecular flexibility index (Phi) is 5.51. The summed E-state index contributed by atoms with van der Waals surface area (Å²) in [5.41, 5.74) is 2.57. The van der Waals surface area contributed by atoms with E-state index in [9.17, 15) is 9.90 Å². The van der Waals surface area contributed by atoms with Gasteiger partial charge in [-0.3, -0.25) is 0 Å². The Morgan fingerprint density at radius 2 is 2.07 bits per heavy atom. The molecule has 3 rings (SSSR count). The minimum absolute atomic E-state index is 0.0260. The molecule has 0 radical (unpaired) electrons. The normalized spacial score (nSPS) is 10.9. The lowest BCUT2D eigenvalue weighted by Crippen LogP contribution is -2.00. The van der Waals surface area contributed by atoms with Crippen molar-refractivity contribution in [3.63, 3.8) is 0 Å². The molecular weight excluding hydrogens is 348 g/mol. The van der Waals surface area contributed by atoms with Crippen LogP contribution in [-0.2, 0) is 16.1 Å². The summed E-state index contributed by atoms with van der Waals surface area (Å²) in [5, 5.41) is 17.4. The predicted molar refractivity (Wildman–Crippen MR) is 98.0 cm³/mol. The van der Waals surface area contributed by atoms with Crippen molar-refractivity contribution in [2.45, 2.75) is 13.5 Å². The molecule has 27 heavy (non-hydrogen) atoms. The van der Waals surface area contributed by atoms with Crippen LogP contribution < -0.4 is 4.74 Å². The summed E-state index contributed by atoms with van der Waals surface area (Å²) in [7, 11) is 1.45. The van der Waals surface area contributed by atoms with E-state index in [1.807, 2.05) is 31.2 Å². The third kappa shape index (κ3) is 4.72. The highest BCUT2D eigenvalue weighted by atomic mass is 16.5. The lowest BCUT2D eigenvalue weighted by Gasteiger charge is -2.03. The Bertz CT molecular complexity index is 978. The Hall–Kier alpha value is -3.61. The van der Waals surface area contributed by atoms with E-state index in [1.165, 1.54) is 19.3 Å². The van der Waals surface area contributed by atoms with Gasteiger partial charge in [0.05, 0.1) is 7.11 Å². The van der Waals surface area contributed by atoms with E-state index >= 15 is 0 Å². The average molecular weight is 366 g/mol. The van der Waals surface area contributed by atoms with Gasteiger partial charge in [-0.25, -0.2) is 4.79 Å². The van der Waals surface area contributed by atoms with Crippen molar-refractivity contribution in [1.29, 1.82) is 0 Å². The summed E-state index contributed by atoms with van der Waals surface area (Å²) in [6.07, 6.45) is 2.82. The van der Waals surface area contributed by atoms with Crippen LogP contribution in [0.5, 0.6) is 11.5 Å². The van der Waals surface area contributed by atoms with Gasteiger partial charge in [-0.15, -0.1) is 10.2 Å². The third-order valence-corrected chi connectivity index (χ3v) is 3.69. The van der Waals surface area contributed by atoms with Gasteiger partial charge in [-0.05, 0) is 42.8 Å². The molecule has 138 valence electrons. The summed E-state index contributed by atoms with van der Waals surface area (Å²) in [6.45, 7) is 1.85. The molecule has 0 aliphatic carbocycles. The lowest BCUT2D eigenvalue weighted by molar-refractivity contribution is -0.139. The van der Waals surface area contributed by atoms with E-state index in [1.54, 1.807) is 18.2 Å². The first kappa shape index (κ1) is 18.2. The fourth-order valence-electron chi connectivity index (χ4n) is 2.35. The average Bonchev–Trinajstić information content (AvgIpc) is 3.15. The number of esters is 1. The molecule has 1 N–H and O–H groups in total. The topological polar surface area (TPSA) is 94.7 Å². The van der Waals surface area contributed by atoms with Gasteiger partial charge >= 0.3 is 5.97 Å². The van der Waals surface area contributed by atoms with Gasteiger partial charge < -0.3 is 19.0 Å². The summed E-state index contributed by atoms with van der Waals surface area (Å²) in [6, 6.07) is 12.4. The number of nitrogens with zero attached hydrogens (tertiary/aromatic N) is 2. The van der Waals surface area contributed by atoms with Crippen molar-refractivity contribution >= 4 is 12.0 Å². The molecule has 0 bridgehead atoms. The molecule has 0 aliphatic heterocycles. The van der Waals surface area contributed by atoms with Gasteiger partial charge in [0.15, 0.2) is 18.1 Å². The quantitative estimate of drug-likeness (QED) is 0.527. The smallest absolute Gasteiger partial charge is 0.331 e. The lowest BCUT2D eigenvalue weighted by atomic mass is 10.1. The molecule has 0 aliphatic rings. The van der Waals surface area contributed by atoms with Crippen LogP contribution in [0.15, 0.2) is 53.0 Å². The number of rotatable bonds is 6. The van der Waals surface area contributed by atoms with Crippen LogP contribution in [0.25, 0.3) is 17.5 Å². The second-order valence-corrected chi connectivity index (χ2v) is 5.74. The minimum Gasteiger partial charge on any atom is -0.504 e. The number of aromatic nitrogens is 2. The zero-order chi connectivity index (χ0) is 19.2.